The van der Waals surface area contributed by atoms with Crippen LogP contribution >= 0.6 is 0 Å². The van der Waals surface area contributed by atoms with Crippen LogP contribution < -0.4 is 0 Å². The summed E-state index contributed by atoms with van der Waals surface area (Å²) in [6.45, 7) is 3.89. The van der Waals surface area contributed by atoms with E-state index in [0.29, 0.717) is 0 Å². The van der Waals surface area contributed by atoms with Crippen LogP contribution in [-0.4, -0.2) is 24.9 Å². The van der Waals surface area contributed by atoms with E-state index in [-0.39, 0.29) is 12.0 Å². The molecule has 0 atom stereocenters. The number of aryl methyl sites for hydroxylation is 1. The van der Waals surface area contributed by atoms with Crippen molar-refractivity contribution >= 4 is 0 Å². The molecule has 2 rings (SSSR count). The van der Waals surface area contributed by atoms with Crippen molar-refractivity contribution in [2.24, 2.45) is 0 Å². The average molecular weight is 206 g/mol. The molecule has 0 bridgehead atoms. The quantitative estimate of drug-likeness (QED) is 0.815. The molecule has 82 valence electrons. The van der Waals surface area contributed by atoms with Gasteiger partial charge in [-0.3, -0.25) is 0 Å². The smallest absolute Gasteiger partial charge is 0.0586 e. The second kappa shape index (κ2) is 4.33. The largest absolute Gasteiger partial charge is 0.396 e. The predicted molar refractivity (Wildman–Crippen MR) is 60.0 cm³/mol. The molecule has 0 aromatic heterocycles. The Morgan fingerprint density at radius 2 is 1.93 bits per heavy atom. The summed E-state index contributed by atoms with van der Waals surface area (Å²) in [6, 6.07) is 8.70. The van der Waals surface area contributed by atoms with Crippen molar-refractivity contribution in [3.8, 4) is 0 Å². The molecule has 1 N–H and O–H groups in total. The molecule has 1 fully saturated rings. The third kappa shape index (κ3) is 1.92. The number of aliphatic hydroxyl groups is 1. The molecule has 0 radical (unpaired) electrons. The van der Waals surface area contributed by atoms with Crippen LogP contribution in [0.15, 0.2) is 24.3 Å². The first-order valence-corrected chi connectivity index (χ1v) is 5.59. The Hall–Kier alpha value is -0.860. The van der Waals surface area contributed by atoms with Crippen LogP contribution in [0.25, 0.3) is 0 Å². The Kier molecular flexibility index (Phi) is 3.08. The average Bonchev–Trinajstić information content (AvgIpc) is 2.24. The molecule has 1 saturated heterocycles. The molecule has 0 unspecified atom stereocenters. The van der Waals surface area contributed by atoms with Gasteiger partial charge in [0.15, 0.2) is 0 Å². The molecule has 0 saturated carbocycles. The number of hydrogen-bond acceptors (Lipinski definition) is 2. The maximum absolute atomic E-state index is 9.07. The van der Waals surface area contributed by atoms with E-state index in [1.54, 1.807) is 0 Å². The summed E-state index contributed by atoms with van der Waals surface area (Å²) in [5.41, 5.74) is 2.75. The van der Waals surface area contributed by atoms with E-state index < -0.39 is 0 Å². The van der Waals surface area contributed by atoms with Crippen LogP contribution in [0, 0.1) is 0 Å². The lowest BCUT2D eigenvalue weighted by Crippen LogP contribution is -2.47. The van der Waals surface area contributed by atoms with E-state index in [4.69, 9.17) is 9.84 Å². The highest BCUT2D eigenvalue weighted by molar-refractivity contribution is 5.31. The van der Waals surface area contributed by atoms with Gasteiger partial charge in [0.05, 0.1) is 13.2 Å². The van der Waals surface area contributed by atoms with Gasteiger partial charge in [-0.05, 0) is 24.0 Å². The minimum Gasteiger partial charge on any atom is -0.396 e. The molecule has 15 heavy (non-hydrogen) atoms. The zero-order valence-corrected chi connectivity index (χ0v) is 9.20. The fourth-order valence-corrected chi connectivity index (χ4v) is 2.11. The Morgan fingerprint density at radius 3 is 2.33 bits per heavy atom. The van der Waals surface area contributed by atoms with Gasteiger partial charge in [-0.15, -0.1) is 0 Å². The first kappa shape index (κ1) is 10.7. The van der Waals surface area contributed by atoms with E-state index in [0.717, 1.165) is 26.1 Å². The number of aliphatic hydroxyl groups excluding tert-OH is 1. The monoisotopic (exact) mass is 206 g/mol. The second-order valence-corrected chi connectivity index (χ2v) is 4.30. The highest BCUT2D eigenvalue weighted by atomic mass is 16.5. The molecule has 0 amide bonds. The zero-order valence-electron chi connectivity index (χ0n) is 9.20. The van der Waals surface area contributed by atoms with Gasteiger partial charge in [0.25, 0.3) is 0 Å². The van der Waals surface area contributed by atoms with Gasteiger partial charge in [0.1, 0.15) is 0 Å². The van der Waals surface area contributed by atoms with Crippen LogP contribution in [0.4, 0.5) is 0 Å². The van der Waals surface area contributed by atoms with Crippen molar-refractivity contribution in [3.63, 3.8) is 0 Å². The summed E-state index contributed by atoms with van der Waals surface area (Å²) in [4.78, 5) is 0. The zero-order chi connectivity index (χ0) is 10.7. The molecule has 2 nitrogen and oxygen atoms in total. The van der Waals surface area contributed by atoms with Gasteiger partial charge in [0, 0.05) is 12.0 Å². The molecule has 1 aliphatic rings. The van der Waals surface area contributed by atoms with E-state index >= 15 is 0 Å². The van der Waals surface area contributed by atoms with Crippen LogP contribution in [-0.2, 0) is 16.6 Å². The first-order chi connectivity index (χ1) is 7.30. The van der Waals surface area contributed by atoms with Gasteiger partial charge in [-0.1, -0.05) is 31.2 Å². The fraction of sp³-hybridized carbons (Fsp3) is 0.538. The summed E-state index contributed by atoms with van der Waals surface area (Å²) >= 11 is 0. The van der Waals surface area contributed by atoms with Gasteiger partial charge in [-0.2, -0.15) is 0 Å². The highest BCUT2D eigenvalue weighted by Crippen LogP contribution is 2.35. The van der Waals surface area contributed by atoms with Crippen LogP contribution in [0.5, 0.6) is 0 Å². The normalized spacial score (nSPS) is 18.5. The maximum Gasteiger partial charge on any atom is 0.0586 e. The van der Waals surface area contributed by atoms with Crippen molar-refractivity contribution < 1.29 is 9.84 Å². The van der Waals surface area contributed by atoms with E-state index in [1.807, 2.05) is 0 Å². The van der Waals surface area contributed by atoms with Gasteiger partial charge in [0.2, 0.25) is 0 Å². The van der Waals surface area contributed by atoms with Crippen molar-refractivity contribution in [2.75, 3.05) is 19.8 Å². The molecule has 1 aliphatic heterocycles. The molecule has 1 heterocycles. The third-order valence-electron chi connectivity index (χ3n) is 3.32. The number of ether oxygens (including phenoxy) is 1. The maximum atomic E-state index is 9.07. The summed E-state index contributed by atoms with van der Waals surface area (Å²) in [5, 5.41) is 9.07. The summed E-state index contributed by atoms with van der Waals surface area (Å²) in [5.74, 6) is 0. The molecule has 1 aromatic rings. The van der Waals surface area contributed by atoms with Crippen molar-refractivity contribution in [3.05, 3.63) is 35.4 Å². The summed E-state index contributed by atoms with van der Waals surface area (Å²) in [6.07, 6.45) is 1.88. The van der Waals surface area contributed by atoms with Gasteiger partial charge in [-0.25, -0.2) is 0 Å². The Labute approximate surface area is 90.9 Å². The summed E-state index contributed by atoms with van der Waals surface area (Å²) in [7, 11) is 0. The van der Waals surface area contributed by atoms with E-state index in [2.05, 4.69) is 31.2 Å². The van der Waals surface area contributed by atoms with Crippen molar-refractivity contribution in [1.29, 1.82) is 0 Å². The van der Waals surface area contributed by atoms with Crippen LogP contribution in [0.1, 0.15) is 24.5 Å². The van der Waals surface area contributed by atoms with Crippen molar-refractivity contribution in [1.82, 2.24) is 0 Å². The van der Waals surface area contributed by atoms with Crippen LogP contribution in [0.2, 0.25) is 0 Å². The first-order valence-electron chi connectivity index (χ1n) is 5.59. The lowest BCUT2D eigenvalue weighted by molar-refractivity contribution is -0.0700. The van der Waals surface area contributed by atoms with E-state index in [1.165, 1.54) is 11.1 Å². The number of hydrogen-bond donors (Lipinski definition) is 1. The second-order valence-electron chi connectivity index (χ2n) is 4.30. The van der Waals surface area contributed by atoms with Gasteiger partial charge < -0.3 is 9.84 Å². The topological polar surface area (TPSA) is 29.5 Å². The SMILES string of the molecule is CCc1ccc(C2(CCO)COC2)cc1. The van der Waals surface area contributed by atoms with E-state index in [9.17, 15) is 0 Å². The highest BCUT2D eigenvalue weighted by Gasteiger charge is 2.39. The Balaban J connectivity index is 2.19. The lowest BCUT2D eigenvalue weighted by Gasteiger charge is -2.41. The lowest BCUT2D eigenvalue weighted by atomic mass is 9.76. The molecular weight excluding hydrogens is 188 g/mol. The molecule has 0 aliphatic carbocycles. The minimum absolute atomic E-state index is 0.0843. The number of rotatable bonds is 4. The third-order valence-corrected chi connectivity index (χ3v) is 3.32. The molecule has 0 spiro atoms. The van der Waals surface area contributed by atoms with Crippen molar-refractivity contribution in [2.45, 2.75) is 25.2 Å². The molecule has 1 aromatic carbocycles. The Bertz CT molecular complexity index is 312. The fourth-order valence-electron chi connectivity index (χ4n) is 2.11. The molecular formula is C13H18O2. The standard InChI is InChI=1S/C13H18O2/c1-2-11-3-5-12(6-4-11)13(7-8-14)9-15-10-13/h3-6,14H,2,7-10H2,1H3. The number of benzene rings is 1. The molecule has 2 heteroatoms. The predicted octanol–water partition coefficient (Wildman–Crippen LogP) is 1.90. The Morgan fingerprint density at radius 1 is 1.27 bits per heavy atom. The van der Waals surface area contributed by atoms with Crippen LogP contribution in [0.3, 0.4) is 0 Å². The minimum atomic E-state index is 0.0843. The van der Waals surface area contributed by atoms with Gasteiger partial charge >= 0.3 is 0 Å². The summed E-state index contributed by atoms with van der Waals surface area (Å²) < 4.78 is 5.29.